The van der Waals surface area contributed by atoms with E-state index in [1.165, 1.54) is 20.5 Å². The number of nitriles is 1. The van der Waals surface area contributed by atoms with Crippen LogP contribution in [0.2, 0.25) is 10.0 Å². The first kappa shape index (κ1) is 31.5. The molecule has 0 aliphatic rings. The molecule has 0 aliphatic heterocycles. The van der Waals surface area contributed by atoms with Gasteiger partial charge < -0.3 is 19.3 Å². The highest BCUT2D eigenvalue weighted by Crippen LogP contribution is 2.37. The number of halogens is 2. The molecular formula is C30H29Cl2N9O4. The highest BCUT2D eigenvalue weighted by molar-refractivity contribution is 6.33. The summed E-state index contributed by atoms with van der Waals surface area (Å²) < 4.78 is 14.1. The van der Waals surface area contributed by atoms with Crippen LogP contribution < -0.4 is 4.74 Å². The Labute approximate surface area is 268 Å². The Morgan fingerprint density at radius 1 is 1.09 bits per heavy atom. The Morgan fingerprint density at radius 3 is 2.67 bits per heavy atom. The second kappa shape index (κ2) is 13.8. The number of hydrogen-bond donors (Lipinski definition) is 0. The number of nitrogens with zero attached hydrogens (tertiary/aromatic N) is 9. The van der Waals surface area contributed by atoms with Gasteiger partial charge in [0.25, 0.3) is 0 Å². The minimum absolute atomic E-state index is 0.159. The molecule has 0 bridgehead atoms. The molecule has 232 valence electrons. The van der Waals surface area contributed by atoms with Gasteiger partial charge in [-0.15, -0.1) is 5.10 Å². The lowest BCUT2D eigenvalue weighted by Gasteiger charge is -2.21. The van der Waals surface area contributed by atoms with Crippen LogP contribution in [-0.4, -0.2) is 85.5 Å². The van der Waals surface area contributed by atoms with Gasteiger partial charge in [-0.1, -0.05) is 41.8 Å². The number of amides is 2. The molecule has 0 fully saturated rings. The number of unbranched alkanes of at least 4 members (excludes halogenated alkanes) is 1. The Kier molecular flexibility index (Phi) is 9.65. The number of carbonyl (C=O) groups excluding carboxylic acids is 2. The summed E-state index contributed by atoms with van der Waals surface area (Å²) in [4.78, 5) is 33.0. The number of aromatic nitrogens is 6. The molecule has 0 saturated carbocycles. The molecular weight excluding hydrogens is 621 g/mol. The number of pyridine rings is 1. The maximum Gasteiger partial charge on any atom is 0.409 e. The van der Waals surface area contributed by atoms with Crippen LogP contribution in [0, 0.1) is 11.3 Å². The van der Waals surface area contributed by atoms with Gasteiger partial charge >= 0.3 is 12.1 Å². The van der Waals surface area contributed by atoms with E-state index in [1.807, 2.05) is 19.1 Å². The van der Waals surface area contributed by atoms with Crippen LogP contribution in [0.1, 0.15) is 31.0 Å². The molecule has 5 rings (SSSR count). The average molecular weight is 651 g/mol. The van der Waals surface area contributed by atoms with Crippen molar-refractivity contribution < 1.29 is 19.1 Å². The number of carbonyl (C=O) groups is 2. The first-order valence-electron chi connectivity index (χ1n) is 14.1. The van der Waals surface area contributed by atoms with Gasteiger partial charge in [-0.3, -0.25) is 0 Å². The zero-order valence-corrected chi connectivity index (χ0v) is 26.3. The molecule has 0 atom stereocenters. The predicted molar refractivity (Wildman–Crippen MR) is 168 cm³/mol. The van der Waals surface area contributed by atoms with Gasteiger partial charge in [0.15, 0.2) is 16.9 Å². The van der Waals surface area contributed by atoms with Crippen LogP contribution in [0.5, 0.6) is 11.5 Å². The average Bonchev–Trinajstić information content (AvgIpc) is 3.62. The van der Waals surface area contributed by atoms with Crippen molar-refractivity contribution in [3.8, 4) is 17.6 Å². The smallest absolute Gasteiger partial charge is 0.409 e. The van der Waals surface area contributed by atoms with Crippen molar-refractivity contribution in [3.63, 3.8) is 0 Å². The molecule has 13 nitrogen and oxygen atoms in total. The molecule has 0 saturated heterocycles. The molecule has 3 aromatic heterocycles. The molecule has 2 aromatic carbocycles. The van der Waals surface area contributed by atoms with E-state index >= 15 is 0 Å². The zero-order valence-electron chi connectivity index (χ0n) is 24.8. The Hall–Kier alpha value is -4.93. The SMILES string of the molecule is CCCCOC(=O)N(C)CCN(C)C(=O)n1nc(Cn2nnc3c(Oc4cc(Cl)cc(C#N)c4)c(Cl)ccc32)c2cccnc21. The molecule has 0 spiro atoms. The quantitative estimate of drug-likeness (QED) is 0.167. The van der Waals surface area contributed by atoms with Gasteiger partial charge in [0, 0.05) is 43.8 Å². The molecule has 45 heavy (non-hydrogen) atoms. The van der Waals surface area contributed by atoms with Crippen molar-refractivity contribution in [2.24, 2.45) is 0 Å². The van der Waals surface area contributed by atoms with Gasteiger partial charge in [-0.05, 0) is 48.9 Å². The van der Waals surface area contributed by atoms with E-state index in [4.69, 9.17) is 32.7 Å². The molecule has 0 radical (unpaired) electrons. The summed E-state index contributed by atoms with van der Waals surface area (Å²) in [6.07, 6.45) is 2.86. The lowest BCUT2D eigenvalue weighted by Crippen LogP contribution is -2.39. The van der Waals surface area contributed by atoms with Gasteiger partial charge in [0.2, 0.25) is 0 Å². The van der Waals surface area contributed by atoms with Crippen LogP contribution >= 0.6 is 23.2 Å². The highest BCUT2D eigenvalue weighted by atomic mass is 35.5. The van der Waals surface area contributed by atoms with Crippen LogP contribution in [-0.2, 0) is 11.3 Å². The Bertz CT molecular complexity index is 1920. The van der Waals surface area contributed by atoms with Crippen molar-refractivity contribution in [2.75, 3.05) is 33.8 Å². The lowest BCUT2D eigenvalue weighted by molar-refractivity contribution is 0.107. The normalized spacial score (nSPS) is 11.0. The third kappa shape index (κ3) is 6.92. The zero-order chi connectivity index (χ0) is 32.1. The van der Waals surface area contributed by atoms with Crippen molar-refractivity contribution in [3.05, 3.63) is 70.0 Å². The summed E-state index contributed by atoms with van der Waals surface area (Å²) in [6, 6.07) is 13.3. The third-order valence-electron chi connectivity index (χ3n) is 6.95. The van der Waals surface area contributed by atoms with E-state index in [2.05, 4.69) is 20.4 Å². The van der Waals surface area contributed by atoms with Crippen LogP contribution in [0.25, 0.3) is 22.1 Å². The summed E-state index contributed by atoms with van der Waals surface area (Å²) in [5.41, 5.74) is 2.23. The van der Waals surface area contributed by atoms with Crippen molar-refractivity contribution in [2.45, 2.75) is 26.3 Å². The van der Waals surface area contributed by atoms with Crippen molar-refractivity contribution in [1.29, 1.82) is 5.26 Å². The van der Waals surface area contributed by atoms with Crippen LogP contribution in [0.3, 0.4) is 0 Å². The fraction of sp³-hybridized carbons (Fsp3) is 0.300. The molecule has 0 unspecified atom stereocenters. The first-order valence-corrected chi connectivity index (χ1v) is 14.8. The molecule has 2 amide bonds. The van der Waals surface area contributed by atoms with E-state index in [9.17, 15) is 14.9 Å². The van der Waals surface area contributed by atoms with E-state index in [0.717, 1.165) is 12.8 Å². The molecule has 0 aliphatic carbocycles. The number of hydrogen-bond acceptors (Lipinski definition) is 9. The van der Waals surface area contributed by atoms with Gasteiger partial charge in [0.1, 0.15) is 5.75 Å². The van der Waals surface area contributed by atoms with E-state index in [-0.39, 0.29) is 25.4 Å². The maximum absolute atomic E-state index is 13.5. The number of likely N-dealkylation sites (N-methyl/N-ethyl adjacent to an activating group) is 2. The van der Waals surface area contributed by atoms with E-state index < -0.39 is 12.1 Å². The second-order valence-electron chi connectivity index (χ2n) is 10.2. The van der Waals surface area contributed by atoms with Crippen molar-refractivity contribution >= 4 is 57.4 Å². The first-order chi connectivity index (χ1) is 21.7. The summed E-state index contributed by atoms with van der Waals surface area (Å²) in [5, 5.41) is 23.8. The third-order valence-corrected chi connectivity index (χ3v) is 7.46. The van der Waals surface area contributed by atoms with Gasteiger partial charge in [-0.2, -0.15) is 15.0 Å². The standard InChI is InChI=1S/C30H29Cl2N9O4/c1-4-5-13-44-30(43)39(3)12-11-38(2)29(42)41-28-22(7-6-10-34-28)24(36-41)18-40-25-9-8-23(32)27(26(25)35-37-40)45-21-15-19(17-33)14-20(31)16-21/h6-10,14-16H,4-5,11-13,18H2,1-3H3. The Morgan fingerprint density at radius 2 is 1.89 bits per heavy atom. The number of ether oxygens (including phenoxy) is 2. The molecule has 5 aromatic rings. The minimum atomic E-state index is -0.438. The minimum Gasteiger partial charge on any atom is -0.453 e. The second-order valence-corrected chi connectivity index (χ2v) is 11.1. The molecule has 3 heterocycles. The summed E-state index contributed by atoms with van der Waals surface area (Å²) in [5.74, 6) is 0.570. The molecule has 0 N–H and O–H groups in total. The Balaban J connectivity index is 1.38. The van der Waals surface area contributed by atoms with Crippen LogP contribution in [0.15, 0.2) is 48.7 Å². The molecule has 15 heteroatoms. The monoisotopic (exact) mass is 649 g/mol. The topological polar surface area (TPSA) is 144 Å². The summed E-state index contributed by atoms with van der Waals surface area (Å²) in [7, 11) is 3.25. The fourth-order valence-corrected chi connectivity index (χ4v) is 4.89. The van der Waals surface area contributed by atoms with Gasteiger partial charge in [0.05, 0.1) is 41.0 Å². The number of rotatable bonds is 10. The lowest BCUT2D eigenvalue weighted by atomic mass is 10.2. The highest BCUT2D eigenvalue weighted by Gasteiger charge is 2.22. The number of benzene rings is 2. The van der Waals surface area contributed by atoms with Gasteiger partial charge in [-0.25, -0.2) is 19.3 Å². The number of fused-ring (bicyclic) bond motifs is 2. The summed E-state index contributed by atoms with van der Waals surface area (Å²) >= 11 is 12.6. The van der Waals surface area contributed by atoms with Crippen molar-refractivity contribution in [1.82, 2.24) is 39.6 Å². The van der Waals surface area contributed by atoms with E-state index in [1.54, 1.807) is 55.3 Å². The summed E-state index contributed by atoms with van der Waals surface area (Å²) in [6.45, 7) is 3.06. The predicted octanol–water partition coefficient (Wildman–Crippen LogP) is 5.96. The largest absolute Gasteiger partial charge is 0.453 e. The maximum atomic E-state index is 13.5. The fourth-order valence-electron chi connectivity index (χ4n) is 4.47. The van der Waals surface area contributed by atoms with Crippen LogP contribution in [0.4, 0.5) is 9.59 Å². The van der Waals surface area contributed by atoms with E-state index in [0.29, 0.717) is 55.7 Å².